The number of methoxy groups -OCH3 is 1. The van der Waals surface area contributed by atoms with E-state index in [-0.39, 0.29) is 11.9 Å². The summed E-state index contributed by atoms with van der Waals surface area (Å²) in [7, 11) is 1.71. The number of rotatable bonds is 6. The molecule has 0 saturated carbocycles. The fraction of sp³-hybridized carbons (Fsp3) is 0.500. The second-order valence-electron chi connectivity index (χ2n) is 7.12. The Labute approximate surface area is 160 Å². The summed E-state index contributed by atoms with van der Waals surface area (Å²) >= 11 is 0. The Morgan fingerprint density at radius 3 is 2.63 bits per heavy atom. The second kappa shape index (κ2) is 8.54. The average molecular weight is 372 g/mol. The SMILES string of the molecule is COc1ccc(C)cc1CN1CCN([C@H](C)C(=O)Nc2cc(C)on2)CC1. The summed E-state index contributed by atoms with van der Waals surface area (Å²) in [6.07, 6.45) is 0. The first-order valence-corrected chi connectivity index (χ1v) is 9.30. The van der Waals surface area contributed by atoms with Crippen LogP contribution in [0.2, 0.25) is 0 Å². The molecule has 0 radical (unpaired) electrons. The van der Waals surface area contributed by atoms with Gasteiger partial charge in [0.1, 0.15) is 11.5 Å². The minimum atomic E-state index is -0.210. The van der Waals surface area contributed by atoms with Crippen molar-refractivity contribution >= 4 is 11.7 Å². The zero-order valence-electron chi connectivity index (χ0n) is 16.5. The Bertz CT molecular complexity index is 781. The molecule has 1 aromatic carbocycles. The normalized spacial score (nSPS) is 16.9. The van der Waals surface area contributed by atoms with Gasteiger partial charge < -0.3 is 14.6 Å². The lowest BCUT2D eigenvalue weighted by Crippen LogP contribution is -2.52. The van der Waals surface area contributed by atoms with Gasteiger partial charge in [-0.25, -0.2) is 0 Å². The predicted octanol–water partition coefficient (Wildman–Crippen LogP) is 2.44. The number of anilines is 1. The summed E-state index contributed by atoms with van der Waals surface area (Å²) in [5, 5.41) is 6.64. The van der Waals surface area contributed by atoms with E-state index >= 15 is 0 Å². The lowest BCUT2D eigenvalue weighted by atomic mass is 10.1. The van der Waals surface area contributed by atoms with E-state index in [9.17, 15) is 4.79 Å². The Hall–Kier alpha value is -2.38. The molecule has 0 unspecified atom stereocenters. The van der Waals surface area contributed by atoms with Crippen molar-refractivity contribution in [3.63, 3.8) is 0 Å². The van der Waals surface area contributed by atoms with Crippen LogP contribution < -0.4 is 10.1 Å². The first-order valence-electron chi connectivity index (χ1n) is 9.30. The van der Waals surface area contributed by atoms with Crippen LogP contribution in [0, 0.1) is 13.8 Å². The molecular weight excluding hydrogens is 344 g/mol. The highest BCUT2D eigenvalue weighted by molar-refractivity contribution is 5.93. The van der Waals surface area contributed by atoms with Gasteiger partial charge in [0.2, 0.25) is 5.91 Å². The molecule has 7 heteroatoms. The van der Waals surface area contributed by atoms with Crippen molar-refractivity contribution in [2.45, 2.75) is 33.4 Å². The van der Waals surface area contributed by atoms with Crippen molar-refractivity contribution in [2.75, 3.05) is 38.6 Å². The van der Waals surface area contributed by atoms with Gasteiger partial charge in [-0.15, -0.1) is 0 Å². The molecule has 1 atom stereocenters. The number of benzene rings is 1. The van der Waals surface area contributed by atoms with Crippen molar-refractivity contribution in [3.05, 3.63) is 41.2 Å². The van der Waals surface area contributed by atoms with Crippen LogP contribution in [0.5, 0.6) is 5.75 Å². The van der Waals surface area contributed by atoms with Gasteiger partial charge in [-0.05, 0) is 26.8 Å². The van der Waals surface area contributed by atoms with E-state index in [1.165, 1.54) is 11.1 Å². The first kappa shape index (κ1) is 19.4. The van der Waals surface area contributed by atoms with Crippen LogP contribution in [0.1, 0.15) is 23.8 Å². The monoisotopic (exact) mass is 372 g/mol. The summed E-state index contributed by atoms with van der Waals surface area (Å²) in [4.78, 5) is 17.1. The van der Waals surface area contributed by atoms with Crippen molar-refractivity contribution in [1.82, 2.24) is 15.0 Å². The van der Waals surface area contributed by atoms with E-state index in [2.05, 4.69) is 39.3 Å². The van der Waals surface area contributed by atoms with Crippen LogP contribution in [0.3, 0.4) is 0 Å². The second-order valence-corrected chi connectivity index (χ2v) is 7.12. The van der Waals surface area contributed by atoms with Gasteiger partial charge in [-0.2, -0.15) is 0 Å². The first-order chi connectivity index (χ1) is 13.0. The van der Waals surface area contributed by atoms with Crippen molar-refractivity contribution < 1.29 is 14.1 Å². The van der Waals surface area contributed by atoms with Crippen molar-refractivity contribution in [1.29, 1.82) is 0 Å². The molecule has 1 N–H and O–H groups in total. The zero-order valence-corrected chi connectivity index (χ0v) is 16.5. The molecule has 1 saturated heterocycles. The highest BCUT2D eigenvalue weighted by Crippen LogP contribution is 2.22. The standard InChI is InChI=1S/C20H28N4O3/c1-14-5-6-18(26-4)17(11-14)13-23-7-9-24(10-8-23)16(3)20(25)21-19-12-15(2)27-22-19/h5-6,11-12,16H,7-10,13H2,1-4H3,(H,21,22,25)/t16-/m1/s1. The Morgan fingerprint density at radius 1 is 1.26 bits per heavy atom. The van der Waals surface area contributed by atoms with E-state index in [0.717, 1.165) is 38.5 Å². The van der Waals surface area contributed by atoms with Crippen LogP contribution >= 0.6 is 0 Å². The number of hydrogen-bond acceptors (Lipinski definition) is 6. The van der Waals surface area contributed by atoms with Crippen LogP contribution in [-0.2, 0) is 11.3 Å². The Balaban J connectivity index is 1.52. The summed E-state index contributed by atoms with van der Waals surface area (Å²) in [6, 6.07) is 7.78. The molecule has 0 bridgehead atoms. The molecule has 1 aromatic heterocycles. The summed E-state index contributed by atoms with van der Waals surface area (Å²) in [5.41, 5.74) is 2.44. The number of aryl methyl sites for hydroxylation is 2. The molecule has 1 amide bonds. The van der Waals surface area contributed by atoms with Crippen LogP contribution in [0.4, 0.5) is 5.82 Å². The average Bonchev–Trinajstić information content (AvgIpc) is 3.06. The maximum Gasteiger partial charge on any atom is 0.242 e. The molecule has 1 fully saturated rings. The van der Waals surface area contributed by atoms with Gasteiger partial charge in [-0.1, -0.05) is 22.9 Å². The van der Waals surface area contributed by atoms with Gasteiger partial charge in [0.15, 0.2) is 5.82 Å². The number of nitrogens with zero attached hydrogens (tertiary/aromatic N) is 3. The molecule has 3 rings (SSSR count). The number of nitrogens with one attached hydrogen (secondary N) is 1. The molecule has 27 heavy (non-hydrogen) atoms. The summed E-state index contributed by atoms with van der Waals surface area (Å²) < 4.78 is 10.5. The minimum Gasteiger partial charge on any atom is -0.496 e. The van der Waals surface area contributed by atoms with E-state index in [0.29, 0.717) is 11.6 Å². The van der Waals surface area contributed by atoms with Crippen molar-refractivity contribution in [3.8, 4) is 5.75 Å². The number of hydrogen-bond donors (Lipinski definition) is 1. The van der Waals surface area contributed by atoms with Crippen LogP contribution in [0.25, 0.3) is 0 Å². The number of ether oxygens (including phenoxy) is 1. The third kappa shape index (κ3) is 4.87. The predicted molar refractivity (Wildman–Crippen MR) is 104 cm³/mol. The topological polar surface area (TPSA) is 70.8 Å². The molecule has 7 nitrogen and oxygen atoms in total. The Kier molecular flexibility index (Phi) is 6.13. The van der Waals surface area contributed by atoms with Gasteiger partial charge >= 0.3 is 0 Å². The fourth-order valence-corrected chi connectivity index (χ4v) is 3.40. The third-order valence-corrected chi connectivity index (χ3v) is 5.04. The number of amides is 1. The number of carbonyl (C=O) groups excluding carboxylic acids is 1. The summed E-state index contributed by atoms with van der Waals surface area (Å²) in [6.45, 7) is 10.2. The Morgan fingerprint density at radius 2 is 2.00 bits per heavy atom. The molecule has 1 aliphatic rings. The van der Waals surface area contributed by atoms with Crippen LogP contribution in [0.15, 0.2) is 28.8 Å². The lowest BCUT2D eigenvalue weighted by molar-refractivity contribution is -0.121. The molecular formula is C20H28N4O3. The van der Waals surface area contributed by atoms with Gasteiger partial charge in [0, 0.05) is 44.4 Å². The van der Waals surface area contributed by atoms with E-state index in [1.54, 1.807) is 20.1 Å². The van der Waals surface area contributed by atoms with Crippen molar-refractivity contribution in [2.24, 2.45) is 0 Å². The van der Waals surface area contributed by atoms with Gasteiger partial charge in [0.25, 0.3) is 0 Å². The maximum atomic E-state index is 12.4. The number of aromatic nitrogens is 1. The smallest absolute Gasteiger partial charge is 0.242 e. The molecule has 0 spiro atoms. The number of carbonyl (C=O) groups is 1. The highest BCUT2D eigenvalue weighted by Gasteiger charge is 2.26. The van der Waals surface area contributed by atoms with Gasteiger partial charge in [-0.3, -0.25) is 14.6 Å². The highest BCUT2D eigenvalue weighted by atomic mass is 16.5. The fourth-order valence-electron chi connectivity index (χ4n) is 3.40. The van der Waals surface area contributed by atoms with E-state index < -0.39 is 0 Å². The lowest BCUT2D eigenvalue weighted by Gasteiger charge is -2.37. The van der Waals surface area contributed by atoms with E-state index in [4.69, 9.17) is 9.26 Å². The number of piperazine rings is 1. The minimum absolute atomic E-state index is 0.0582. The third-order valence-electron chi connectivity index (χ3n) is 5.04. The molecule has 2 heterocycles. The molecule has 0 aliphatic carbocycles. The molecule has 1 aliphatic heterocycles. The molecule has 146 valence electrons. The van der Waals surface area contributed by atoms with Crippen LogP contribution in [-0.4, -0.2) is 60.2 Å². The zero-order chi connectivity index (χ0) is 19.4. The van der Waals surface area contributed by atoms with E-state index in [1.807, 2.05) is 13.0 Å². The molecule has 2 aromatic rings. The quantitative estimate of drug-likeness (QED) is 0.840. The van der Waals surface area contributed by atoms with Gasteiger partial charge in [0.05, 0.1) is 13.2 Å². The summed E-state index contributed by atoms with van der Waals surface area (Å²) in [5.74, 6) is 2.02. The maximum absolute atomic E-state index is 12.4. The largest absolute Gasteiger partial charge is 0.496 e.